The highest BCUT2D eigenvalue weighted by molar-refractivity contribution is 6.31. The molecule has 7 heteroatoms. The third kappa shape index (κ3) is 5.82. The Morgan fingerprint density at radius 1 is 0.966 bits per heavy atom. The first-order valence-electron chi connectivity index (χ1n) is 9.19. The molecular formula is C22H21Cl2FN2O2. The Kier molecular flexibility index (Phi) is 7.69. The van der Waals surface area contributed by atoms with Crippen molar-refractivity contribution in [2.24, 2.45) is 0 Å². The summed E-state index contributed by atoms with van der Waals surface area (Å²) in [4.78, 5) is 4.01. The Bertz CT molecular complexity index is 935. The SMILES string of the molecule is CCOc1cc(CNCc2ccncc2)c(Cl)cc1OCc1c(F)cccc1Cl. The average Bonchev–Trinajstić information content (AvgIpc) is 2.71. The van der Waals surface area contributed by atoms with Gasteiger partial charge in [0.1, 0.15) is 12.4 Å². The summed E-state index contributed by atoms with van der Waals surface area (Å²) >= 11 is 12.5. The zero-order valence-electron chi connectivity index (χ0n) is 15.9. The highest BCUT2D eigenvalue weighted by Gasteiger charge is 2.14. The molecule has 1 aromatic heterocycles. The fourth-order valence-corrected chi connectivity index (χ4v) is 3.19. The summed E-state index contributed by atoms with van der Waals surface area (Å²) < 4.78 is 25.5. The first-order chi connectivity index (χ1) is 14.1. The van der Waals surface area contributed by atoms with E-state index in [-0.39, 0.29) is 12.2 Å². The second-order valence-corrected chi connectivity index (χ2v) is 7.09. The zero-order chi connectivity index (χ0) is 20.6. The van der Waals surface area contributed by atoms with E-state index in [1.165, 1.54) is 6.07 Å². The van der Waals surface area contributed by atoms with Gasteiger partial charge in [-0.1, -0.05) is 29.3 Å². The molecule has 0 amide bonds. The van der Waals surface area contributed by atoms with Crippen LogP contribution in [0, 0.1) is 5.82 Å². The molecule has 0 aliphatic heterocycles. The molecule has 0 saturated carbocycles. The molecule has 0 saturated heterocycles. The van der Waals surface area contributed by atoms with Crippen LogP contribution >= 0.6 is 23.2 Å². The lowest BCUT2D eigenvalue weighted by molar-refractivity contribution is 0.265. The lowest BCUT2D eigenvalue weighted by Gasteiger charge is -2.16. The van der Waals surface area contributed by atoms with Gasteiger partial charge in [0.2, 0.25) is 0 Å². The molecule has 0 radical (unpaired) electrons. The third-order valence-corrected chi connectivity index (χ3v) is 4.95. The second-order valence-electron chi connectivity index (χ2n) is 6.27. The van der Waals surface area contributed by atoms with Crippen LogP contribution in [0.1, 0.15) is 23.6 Å². The summed E-state index contributed by atoms with van der Waals surface area (Å²) in [6, 6.07) is 11.9. The van der Waals surface area contributed by atoms with Gasteiger partial charge in [-0.25, -0.2) is 4.39 Å². The number of hydrogen-bond donors (Lipinski definition) is 1. The fourth-order valence-electron chi connectivity index (χ4n) is 2.76. The molecule has 29 heavy (non-hydrogen) atoms. The van der Waals surface area contributed by atoms with E-state index in [4.69, 9.17) is 32.7 Å². The largest absolute Gasteiger partial charge is 0.490 e. The van der Waals surface area contributed by atoms with E-state index in [0.717, 1.165) is 11.1 Å². The van der Waals surface area contributed by atoms with E-state index >= 15 is 0 Å². The van der Waals surface area contributed by atoms with Crippen molar-refractivity contribution in [2.75, 3.05) is 6.61 Å². The number of nitrogens with zero attached hydrogens (tertiary/aromatic N) is 1. The molecule has 0 aliphatic carbocycles. The van der Waals surface area contributed by atoms with Crippen LogP contribution in [0.25, 0.3) is 0 Å². The number of nitrogens with one attached hydrogen (secondary N) is 1. The number of rotatable bonds is 9. The van der Waals surface area contributed by atoms with Crippen LogP contribution in [0.3, 0.4) is 0 Å². The molecule has 1 heterocycles. The molecular weight excluding hydrogens is 414 g/mol. The minimum atomic E-state index is -0.418. The van der Waals surface area contributed by atoms with Gasteiger partial charge in [0.25, 0.3) is 0 Å². The summed E-state index contributed by atoms with van der Waals surface area (Å²) in [5.74, 6) is 0.567. The summed E-state index contributed by atoms with van der Waals surface area (Å²) in [6.45, 7) is 3.56. The summed E-state index contributed by atoms with van der Waals surface area (Å²) in [6.07, 6.45) is 3.51. The third-order valence-electron chi connectivity index (χ3n) is 4.24. The van der Waals surface area contributed by atoms with Crippen molar-refractivity contribution < 1.29 is 13.9 Å². The number of hydrogen-bond acceptors (Lipinski definition) is 4. The Labute approximate surface area is 179 Å². The molecule has 4 nitrogen and oxygen atoms in total. The highest BCUT2D eigenvalue weighted by atomic mass is 35.5. The van der Waals surface area contributed by atoms with Crippen LogP contribution < -0.4 is 14.8 Å². The van der Waals surface area contributed by atoms with E-state index in [1.54, 1.807) is 30.6 Å². The van der Waals surface area contributed by atoms with Crippen LogP contribution in [0.5, 0.6) is 11.5 Å². The first-order valence-corrected chi connectivity index (χ1v) is 9.94. The van der Waals surface area contributed by atoms with E-state index in [0.29, 0.717) is 41.2 Å². The zero-order valence-corrected chi connectivity index (χ0v) is 17.4. The molecule has 0 atom stereocenters. The van der Waals surface area contributed by atoms with E-state index in [2.05, 4.69) is 10.3 Å². The minimum absolute atomic E-state index is 0.0262. The number of benzene rings is 2. The van der Waals surface area contributed by atoms with Gasteiger partial charge in [-0.3, -0.25) is 4.98 Å². The molecule has 3 rings (SSSR count). The standard InChI is InChI=1S/C22H21Cl2FN2O2/c1-2-28-21-10-16(13-27-12-15-6-8-26-9-7-15)19(24)11-22(21)29-14-17-18(23)4-3-5-20(17)25/h3-11,27H,2,12-14H2,1H3. The molecule has 152 valence electrons. The molecule has 0 fully saturated rings. The summed E-state index contributed by atoms with van der Waals surface area (Å²) in [7, 11) is 0. The van der Waals surface area contributed by atoms with Crippen molar-refractivity contribution in [3.8, 4) is 11.5 Å². The van der Waals surface area contributed by atoms with Gasteiger partial charge in [0.15, 0.2) is 11.5 Å². The number of ether oxygens (including phenoxy) is 2. The molecule has 2 aromatic carbocycles. The van der Waals surface area contributed by atoms with Crippen LogP contribution in [0.15, 0.2) is 54.9 Å². The molecule has 0 spiro atoms. The van der Waals surface area contributed by atoms with E-state index in [1.807, 2.05) is 25.1 Å². The normalized spacial score (nSPS) is 10.8. The highest BCUT2D eigenvalue weighted by Crippen LogP contribution is 2.35. The molecule has 1 N–H and O–H groups in total. The van der Waals surface area contributed by atoms with Gasteiger partial charge < -0.3 is 14.8 Å². The Morgan fingerprint density at radius 3 is 2.45 bits per heavy atom. The second kappa shape index (κ2) is 10.4. The van der Waals surface area contributed by atoms with Crippen molar-refractivity contribution >= 4 is 23.2 Å². The van der Waals surface area contributed by atoms with Crippen molar-refractivity contribution in [3.05, 3.63) is 87.4 Å². The van der Waals surface area contributed by atoms with Gasteiger partial charge in [-0.2, -0.15) is 0 Å². The van der Waals surface area contributed by atoms with E-state index in [9.17, 15) is 4.39 Å². The van der Waals surface area contributed by atoms with Gasteiger partial charge >= 0.3 is 0 Å². The van der Waals surface area contributed by atoms with Gasteiger partial charge in [0, 0.05) is 42.1 Å². The predicted octanol–water partition coefficient (Wildman–Crippen LogP) is 5.80. The maximum atomic E-state index is 14.0. The summed E-state index contributed by atoms with van der Waals surface area (Å²) in [5.41, 5.74) is 2.29. The number of halogens is 3. The predicted molar refractivity (Wildman–Crippen MR) is 113 cm³/mol. The van der Waals surface area contributed by atoms with Gasteiger partial charge in [-0.15, -0.1) is 0 Å². The Morgan fingerprint density at radius 2 is 1.72 bits per heavy atom. The Balaban J connectivity index is 1.71. The molecule has 3 aromatic rings. The maximum Gasteiger partial charge on any atom is 0.163 e. The van der Waals surface area contributed by atoms with Crippen molar-refractivity contribution in [3.63, 3.8) is 0 Å². The van der Waals surface area contributed by atoms with Gasteiger partial charge in [0.05, 0.1) is 11.6 Å². The van der Waals surface area contributed by atoms with Crippen molar-refractivity contribution in [1.29, 1.82) is 0 Å². The molecule has 0 bridgehead atoms. The van der Waals surface area contributed by atoms with Crippen LogP contribution in [0.2, 0.25) is 10.0 Å². The van der Waals surface area contributed by atoms with Crippen LogP contribution in [-0.2, 0) is 19.7 Å². The van der Waals surface area contributed by atoms with Crippen LogP contribution in [0.4, 0.5) is 4.39 Å². The lowest BCUT2D eigenvalue weighted by Crippen LogP contribution is -2.13. The van der Waals surface area contributed by atoms with Crippen LogP contribution in [-0.4, -0.2) is 11.6 Å². The van der Waals surface area contributed by atoms with E-state index < -0.39 is 5.82 Å². The summed E-state index contributed by atoms with van der Waals surface area (Å²) in [5, 5.41) is 4.19. The van der Waals surface area contributed by atoms with Crippen molar-refractivity contribution in [1.82, 2.24) is 10.3 Å². The average molecular weight is 435 g/mol. The number of aromatic nitrogens is 1. The van der Waals surface area contributed by atoms with Gasteiger partial charge in [-0.05, 0) is 48.4 Å². The first kappa shape index (κ1) is 21.4. The monoisotopic (exact) mass is 434 g/mol. The smallest absolute Gasteiger partial charge is 0.163 e. The molecule has 0 unspecified atom stereocenters. The maximum absolute atomic E-state index is 14.0. The molecule has 0 aliphatic rings. The quantitative estimate of drug-likeness (QED) is 0.462. The fraction of sp³-hybridized carbons (Fsp3) is 0.227. The Hall–Kier alpha value is -2.34. The topological polar surface area (TPSA) is 43.4 Å². The number of pyridine rings is 1. The lowest BCUT2D eigenvalue weighted by atomic mass is 10.2. The van der Waals surface area contributed by atoms with Crippen molar-refractivity contribution in [2.45, 2.75) is 26.6 Å². The minimum Gasteiger partial charge on any atom is -0.490 e.